The standard InChI is InChI=1S/C11H10BrN3O2/c1-6-2-3-17-9(6)11(16)15-10-8(12)4-7(13)5-14-10/h2-5H,13H2,1H3,(H,14,15,16). The number of nitrogens with zero attached hydrogens (tertiary/aromatic N) is 1. The smallest absolute Gasteiger partial charge is 0.292 e. The molecule has 0 aliphatic rings. The second kappa shape index (κ2) is 4.58. The number of nitrogens with one attached hydrogen (secondary N) is 1. The highest BCUT2D eigenvalue weighted by Gasteiger charge is 2.14. The third kappa shape index (κ3) is 2.47. The molecule has 2 aromatic heterocycles. The molecule has 0 aliphatic heterocycles. The second-order valence-electron chi connectivity index (χ2n) is 3.49. The van der Waals surface area contributed by atoms with Crippen molar-refractivity contribution in [1.82, 2.24) is 4.98 Å². The molecule has 5 nitrogen and oxygen atoms in total. The second-order valence-corrected chi connectivity index (χ2v) is 4.34. The number of pyridine rings is 1. The number of carbonyl (C=O) groups excluding carboxylic acids is 1. The van der Waals surface area contributed by atoms with Gasteiger partial charge < -0.3 is 15.5 Å². The van der Waals surface area contributed by atoms with Gasteiger partial charge in [-0.3, -0.25) is 4.79 Å². The molecule has 2 rings (SSSR count). The number of aromatic nitrogens is 1. The summed E-state index contributed by atoms with van der Waals surface area (Å²) >= 11 is 3.27. The monoisotopic (exact) mass is 295 g/mol. The van der Waals surface area contributed by atoms with Crippen LogP contribution in [-0.4, -0.2) is 10.9 Å². The van der Waals surface area contributed by atoms with Crippen LogP contribution >= 0.6 is 15.9 Å². The number of carbonyl (C=O) groups is 1. The van der Waals surface area contributed by atoms with E-state index in [2.05, 4.69) is 26.2 Å². The van der Waals surface area contributed by atoms with Crippen LogP contribution in [0, 0.1) is 6.92 Å². The van der Waals surface area contributed by atoms with E-state index in [-0.39, 0.29) is 11.7 Å². The lowest BCUT2D eigenvalue weighted by Crippen LogP contribution is -2.13. The molecule has 3 N–H and O–H groups in total. The number of hydrogen-bond acceptors (Lipinski definition) is 4. The third-order valence-corrected chi connectivity index (χ3v) is 2.77. The fraction of sp³-hybridized carbons (Fsp3) is 0.0909. The molecular formula is C11H10BrN3O2. The SMILES string of the molecule is Cc1ccoc1C(=O)Nc1ncc(N)cc1Br. The van der Waals surface area contributed by atoms with Crippen molar-refractivity contribution in [2.24, 2.45) is 0 Å². The summed E-state index contributed by atoms with van der Waals surface area (Å²) in [6.07, 6.45) is 2.94. The summed E-state index contributed by atoms with van der Waals surface area (Å²) in [6.45, 7) is 1.80. The number of furan rings is 1. The van der Waals surface area contributed by atoms with E-state index in [1.54, 1.807) is 19.1 Å². The minimum absolute atomic E-state index is 0.274. The van der Waals surface area contributed by atoms with Crippen LogP contribution in [0.4, 0.5) is 11.5 Å². The lowest BCUT2D eigenvalue weighted by molar-refractivity contribution is 0.0995. The highest BCUT2D eigenvalue weighted by molar-refractivity contribution is 9.10. The van der Waals surface area contributed by atoms with Crippen LogP contribution < -0.4 is 11.1 Å². The van der Waals surface area contributed by atoms with Crippen molar-refractivity contribution >= 4 is 33.3 Å². The van der Waals surface area contributed by atoms with Crippen LogP contribution in [0.2, 0.25) is 0 Å². The van der Waals surface area contributed by atoms with E-state index < -0.39 is 0 Å². The Balaban J connectivity index is 2.22. The van der Waals surface area contributed by atoms with Gasteiger partial charge in [0.1, 0.15) is 5.82 Å². The molecule has 0 saturated carbocycles. The maximum absolute atomic E-state index is 11.8. The highest BCUT2D eigenvalue weighted by Crippen LogP contribution is 2.22. The van der Waals surface area contributed by atoms with Gasteiger partial charge in [-0.15, -0.1) is 0 Å². The molecule has 0 spiro atoms. The predicted octanol–water partition coefficient (Wildman–Crippen LogP) is 2.58. The van der Waals surface area contributed by atoms with Gasteiger partial charge in [-0.1, -0.05) is 0 Å². The number of aryl methyl sites for hydroxylation is 1. The lowest BCUT2D eigenvalue weighted by atomic mass is 10.2. The maximum atomic E-state index is 11.8. The highest BCUT2D eigenvalue weighted by atomic mass is 79.9. The van der Waals surface area contributed by atoms with Crippen molar-refractivity contribution in [2.45, 2.75) is 6.92 Å². The van der Waals surface area contributed by atoms with E-state index in [9.17, 15) is 4.79 Å². The Labute approximate surface area is 106 Å². The van der Waals surface area contributed by atoms with Gasteiger partial charge in [0.25, 0.3) is 5.91 Å². The van der Waals surface area contributed by atoms with Gasteiger partial charge in [0, 0.05) is 5.56 Å². The summed E-state index contributed by atoms with van der Waals surface area (Å²) in [5.41, 5.74) is 6.84. The van der Waals surface area contributed by atoms with Gasteiger partial charge in [0.2, 0.25) is 0 Å². The van der Waals surface area contributed by atoms with Crippen molar-refractivity contribution < 1.29 is 9.21 Å². The van der Waals surface area contributed by atoms with E-state index >= 15 is 0 Å². The Bertz CT molecular complexity index is 566. The summed E-state index contributed by atoms with van der Waals surface area (Å²) in [5, 5.41) is 2.63. The summed E-state index contributed by atoms with van der Waals surface area (Å²) in [6, 6.07) is 3.39. The Morgan fingerprint density at radius 2 is 2.35 bits per heavy atom. The normalized spacial score (nSPS) is 10.2. The molecule has 88 valence electrons. The first kappa shape index (κ1) is 11.7. The molecular weight excluding hydrogens is 286 g/mol. The van der Waals surface area contributed by atoms with Crippen molar-refractivity contribution in [2.75, 3.05) is 11.1 Å². The molecule has 0 bridgehead atoms. The molecule has 0 unspecified atom stereocenters. The first-order valence-electron chi connectivity index (χ1n) is 4.84. The molecule has 0 saturated heterocycles. The first-order chi connectivity index (χ1) is 8.08. The van der Waals surface area contributed by atoms with Gasteiger partial charge in [-0.2, -0.15) is 0 Å². The van der Waals surface area contributed by atoms with Gasteiger partial charge in [-0.25, -0.2) is 4.98 Å². The molecule has 2 heterocycles. The van der Waals surface area contributed by atoms with E-state index in [0.29, 0.717) is 16.0 Å². The van der Waals surface area contributed by atoms with Crippen LogP contribution in [0.15, 0.2) is 33.5 Å². The lowest BCUT2D eigenvalue weighted by Gasteiger charge is -2.05. The number of halogens is 1. The van der Waals surface area contributed by atoms with Gasteiger partial charge in [0.15, 0.2) is 5.76 Å². The number of nitrogen functional groups attached to an aromatic ring is 1. The molecule has 17 heavy (non-hydrogen) atoms. The van der Waals surface area contributed by atoms with E-state index in [1.807, 2.05) is 0 Å². The molecule has 1 amide bonds. The quantitative estimate of drug-likeness (QED) is 0.892. The van der Waals surface area contributed by atoms with Gasteiger partial charge >= 0.3 is 0 Å². The average Bonchev–Trinajstić information content (AvgIpc) is 2.68. The topological polar surface area (TPSA) is 81.2 Å². The van der Waals surface area contributed by atoms with Crippen LogP contribution in [0.3, 0.4) is 0 Å². The Hall–Kier alpha value is -1.82. The van der Waals surface area contributed by atoms with Gasteiger partial charge in [-0.05, 0) is 35.0 Å². The number of anilines is 2. The molecule has 6 heteroatoms. The van der Waals surface area contributed by atoms with Crippen LogP contribution in [-0.2, 0) is 0 Å². The van der Waals surface area contributed by atoms with Crippen molar-refractivity contribution in [3.05, 3.63) is 40.4 Å². The number of rotatable bonds is 2. The molecule has 0 aromatic carbocycles. The molecule has 0 atom stereocenters. The summed E-state index contributed by atoms with van der Waals surface area (Å²) in [5.74, 6) is 0.334. The van der Waals surface area contributed by atoms with Crippen LogP contribution in [0.5, 0.6) is 0 Å². The number of amides is 1. The summed E-state index contributed by atoms with van der Waals surface area (Å²) in [7, 11) is 0. The first-order valence-corrected chi connectivity index (χ1v) is 5.63. The maximum Gasteiger partial charge on any atom is 0.292 e. The third-order valence-electron chi connectivity index (χ3n) is 2.16. The Morgan fingerprint density at radius 1 is 1.59 bits per heavy atom. The molecule has 0 fully saturated rings. The van der Waals surface area contributed by atoms with Gasteiger partial charge in [0.05, 0.1) is 22.6 Å². The number of nitrogens with two attached hydrogens (primary N) is 1. The zero-order valence-electron chi connectivity index (χ0n) is 9.03. The largest absolute Gasteiger partial charge is 0.459 e. The summed E-state index contributed by atoms with van der Waals surface area (Å²) < 4.78 is 5.70. The molecule has 0 radical (unpaired) electrons. The van der Waals surface area contributed by atoms with E-state index in [4.69, 9.17) is 10.2 Å². The average molecular weight is 296 g/mol. The minimum atomic E-state index is -0.342. The van der Waals surface area contributed by atoms with Crippen molar-refractivity contribution in [3.63, 3.8) is 0 Å². The zero-order chi connectivity index (χ0) is 12.4. The molecule has 2 aromatic rings. The zero-order valence-corrected chi connectivity index (χ0v) is 10.6. The minimum Gasteiger partial charge on any atom is -0.459 e. The molecule has 0 aliphatic carbocycles. The van der Waals surface area contributed by atoms with Crippen molar-refractivity contribution in [1.29, 1.82) is 0 Å². The Kier molecular flexibility index (Phi) is 3.14. The Morgan fingerprint density at radius 3 is 2.94 bits per heavy atom. The fourth-order valence-electron chi connectivity index (χ4n) is 1.31. The predicted molar refractivity (Wildman–Crippen MR) is 67.7 cm³/mol. The fourth-order valence-corrected chi connectivity index (χ4v) is 1.78. The summed E-state index contributed by atoms with van der Waals surface area (Å²) in [4.78, 5) is 15.8. The van der Waals surface area contributed by atoms with Crippen LogP contribution in [0.1, 0.15) is 16.1 Å². The van der Waals surface area contributed by atoms with E-state index in [1.165, 1.54) is 12.5 Å². The van der Waals surface area contributed by atoms with E-state index in [0.717, 1.165) is 5.56 Å². The van der Waals surface area contributed by atoms with Crippen molar-refractivity contribution in [3.8, 4) is 0 Å². The van der Waals surface area contributed by atoms with Crippen LogP contribution in [0.25, 0.3) is 0 Å². The number of hydrogen-bond donors (Lipinski definition) is 2.